The Morgan fingerprint density at radius 3 is 2.71 bits per heavy atom. The van der Waals surface area contributed by atoms with Crippen LogP contribution < -0.4 is 5.73 Å². The first kappa shape index (κ1) is 12.2. The molecule has 1 aromatic heterocycles. The Morgan fingerprint density at radius 2 is 2.06 bits per heavy atom. The van der Waals surface area contributed by atoms with Gasteiger partial charge >= 0.3 is 0 Å². The molecule has 0 spiro atoms. The number of hydrogen-bond acceptors (Lipinski definition) is 3. The number of nitrogens with zero attached hydrogens (tertiary/aromatic N) is 1. The molecule has 0 saturated heterocycles. The van der Waals surface area contributed by atoms with E-state index in [-0.39, 0.29) is 0 Å². The summed E-state index contributed by atoms with van der Waals surface area (Å²) in [5.41, 5.74) is 8.73. The minimum atomic E-state index is 0.647. The zero-order valence-electron chi connectivity index (χ0n) is 9.94. The van der Waals surface area contributed by atoms with E-state index < -0.39 is 0 Å². The molecule has 0 fully saturated rings. The summed E-state index contributed by atoms with van der Waals surface area (Å²) in [6.07, 6.45) is 0.844. The van der Waals surface area contributed by atoms with Gasteiger partial charge in [-0.15, -0.1) is 11.8 Å². The number of aromatic nitrogens is 2. The van der Waals surface area contributed by atoms with Crippen LogP contribution in [0.1, 0.15) is 12.6 Å². The third kappa shape index (κ3) is 3.11. The van der Waals surface area contributed by atoms with Crippen LogP contribution in [0.4, 0.5) is 0 Å². The van der Waals surface area contributed by atoms with Crippen molar-refractivity contribution in [3.05, 3.63) is 36.0 Å². The van der Waals surface area contributed by atoms with E-state index in [2.05, 4.69) is 47.5 Å². The molecule has 1 heterocycles. The predicted octanol–water partition coefficient (Wildman–Crippen LogP) is 2.69. The maximum atomic E-state index is 5.51. The van der Waals surface area contributed by atoms with Crippen LogP contribution in [0.5, 0.6) is 0 Å². The maximum absolute atomic E-state index is 5.51. The lowest BCUT2D eigenvalue weighted by Gasteiger charge is -1.99. The number of aromatic amines is 1. The minimum Gasteiger partial charge on any atom is -0.330 e. The van der Waals surface area contributed by atoms with Crippen molar-refractivity contribution >= 4 is 11.8 Å². The lowest BCUT2D eigenvalue weighted by Crippen LogP contribution is -2.02. The highest BCUT2D eigenvalue weighted by Gasteiger charge is 2.03. The molecule has 3 N–H and O–H groups in total. The van der Waals surface area contributed by atoms with E-state index in [9.17, 15) is 0 Å². The van der Waals surface area contributed by atoms with Gasteiger partial charge in [-0.3, -0.25) is 5.10 Å². The standard InChI is InChI=1S/C13H17N3S/c1-2-17-12-5-3-10(4-6-12)13-9-11(7-8-14)15-16-13/h3-6,9H,2,7-8,14H2,1H3,(H,15,16). The highest BCUT2D eigenvalue weighted by atomic mass is 32.2. The van der Waals surface area contributed by atoms with Gasteiger partial charge in [0, 0.05) is 22.6 Å². The summed E-state index contributed by atoms with van der Waals surface area (Å²) < 4.78 is 0. The molecule has 3 nitrogen and oxygen atoms in total. The maximum Gasteiger partial charge on any atom is 0.0923 e. The van der Waals surface area contributed by atoms with Gasteiger partial charge in [0.1, 0.15) is 0 Å². The van der Waals surface area contributed by atoms with Gasteiger partial charge in [-0.1, -0.05) is 19.1 Å². The van der Waals surface area contributed by atoms with Crippen LogP contribution >= 0.6 is 11.8 Å². The Morgan fingerprint density at radius 1 is 1.29 bits per heavy atom. The molecular formula is C13H17N3S. The molecule has 0 atom stereocenters. The van der Waals surface area contributed by atoms with Crippen molar-refractivity contribution < 1.29 is 0 Å². The fourth-order valence-corrected chi connectivity index (χ4v) is 2.34. The average Bonchev–Trinajstić information content (AvgIpc) is 2.80. The molecule has 90 valence electrons. The normalized spacial score (nSPS) is 10.7. The number of benzene rings is 1. The summed E-state index contributed by atoms with van der Waals surface area (Å²) in [6, 6.07) is 10.6. The summed E-state index contributed by atoms with van der Waals surface area (Å²) in [4.78, 5) is 1.30. The lowest BCUT2D eigenvalue weighted by atomic mass is 10.1. The van der Waals surface area contributed by atoms with Gasteiger partial charge in [-0.05, 0) is 30.5 Å². The largest absolute Gasteiger partial charge is 0.330 e. The van der Waals surface area contributed by atoms with E-state index in [0.717, 1.165) is 29.1 Å². The van der Waals surface area contributed by atoms with E-state index in [4.69, 9.17) is 5.73 Å². The number of rotatable bonds is 5. The predicted molar refractivity (Wildman–Crippen MR) is 73.2 cm³/mol. The molecule has 0 aliphatic carbocycles. The van der Waals surface area contributed by atoms with Gasteiger partial charge in [0.2, 0.25) is 0 Å². The number of nitrogens with one attached hydrogen (secondary N) is 1. The number of thioether (sulfide) groups is 1. The summed E-state index contributed by atoms with van der Waals surface area (Å²) in [7, 11) is 0. The van der Waals surface area contributed by atoms with Gasteiger partial charge in [0.05, 0.1) is 5.69 Å². The molecule has 0 aliphatic heterocycles. The highest BCUT2D eigenvalue weighted by Crippen LogP contribution is 2.23. The Balaban J connectivity index is 2.15. The minimum absolute atomic E-state index is 0.647. The molecule has 2 rings (SSSR count). The first-order valence-electron chi connectivity index (χ1n) is 5.81. The van der Waals surface area contributed by atoms with E-state index in [1.54, 1.807) is 0 Å². The number of hydrogen-bond donors (Lipinski definition) is 2. The number of nitrogens with two attached hydrogens (primary N) is 1. The first-order chi connectivity index (χ1) is 8.33. The van der Waals surface area contributed by atoms with Crippen LogP contribution in [0, 0.1) is 0 Å². The van der Waals surface area contributed by atoms with Crippen molar-refractivity contribution in [2.45, 2.75) is 18.2 Å². The average molecular weight is 247 g/mol. The highest BCUT2D eigenvalue weighted by molar-refractivity contribution is 7.99. The first-order valence-corrected chi connectivity index (χ1v) is 6.79. The van der Waals surface area contributed by atoms with Crippen LogP contribution in [0.25, 0.3) is 11.3 Å². The van der Waals surface area contributed by atoms with E-state index >= 15 is 0 Å². The summed E-state index contributed by atoms with van der Waals surface area (Å²) in [5.74, 6) is 1.10. The van der Waals surface area contributed by atoms with Gasteiger partial charge in [0.25, 0.3) is 0 Å². The fraction of sp³-hybridized carbons (Fsp3) is 0.308. The Labute approximate surface area is 106 Å². The summed E-state index contributed by atoms with van der Waals surface area (Å²) in [5, 5.41) is 7.30. The van der Waals surface area contributed by atoms with Crippen LogP contribution in [0.2, 0.25) is 0 Å². The fourth-order valence-electron chi connectivity index (χ4n) is 1.68. The van der Waals surface area contributed by atoms with Crippen molar-refractivity contribution in [3.8, 4) is 11.3 Å². The SMILES string of the molecule is CCSc1ccc(-c2cc(CCN)[nH]n2)cc1. The van der Waals surface area contributed by atoms with Crippen molar-refractivity contribution in [2.24, 2.45) is 5.73 Å². The quantitative estimate of drug-likeness (QED) is 0.799. The van der Waals surface area contributed by atoms with Crippen LogP contribution in [0.15, 0.2) is 35.2 Å². The second-order valence-corrected chi connectivity index (χ2v) is 5.11. The monoisotopic (exact) mass is 247 g/mol. The molecule has 0 aliphatic rings. The summed E-state index contributed by atoms with van der Waals surface area (Å²) in [6.45, 7) is 2.80. The Kier molecular flexibility index (Phi) is 4.23. The van der Waals surface area contributed by atoms with Crippen molar-refractivity contribution in [1.82, 2.24) is 10.2 Å². The Bertz CT molecular complexity index is 462. The molecule has 17 heavy (non-hydrogen) atoms. The van der Waals surface area contributed by atoms with Gasteiger partial charge in [-0.2, -0.15) is 5.10 Å². The topological polar surface area (TPSA) is 54.7 Å². The molecule has 0 bridgehead atoms. The lowest BCUT2D eigenvalue weighted by molar-refractivity contribution is 0.902. The van der Waals surface area contributed by atoms with Gasteiger partial charge in [-0.25, -0.2) is 0 Å². The molecule has 0 amide bonds. The van der Waals surface area contributed by atoms with Gasteiger partial charge in [0.15, 0.2) is 0 Å². The third-order valence-corrected chi connectivity index (χ3v) is 3.40. The Hall–Kier alpha value is -1.26. The van der Waals surface area contributed by atoms with Gasteiger partial charge < -0.3 is 5.73 Å². The van der Waals surface area contributed by atoms with Crippen LogP contribution in [0.3, 0.4) is 0 Å². The zero-order chi connectivity index (χ0) is 12.1. The molecule has 4 heteroatoms. The number of H-pyrrole nitrogens is 1. The van der Waals surface area contributed by atoms with Crippen molar-refractivity contribution in [1.29, 1.82) is 0 Å². The zero-order valence-corrected chi connectivity index (χ0v) is 10.8. The van der Waals surface area contributed by atoms with Crippen molar-refractivity contribution in [2.75, 3.05) is 12.3 Å². The van der Waals surface area contributed by atoms with E-state index in [0.29, 0.717) is 6.54 Å². The molecular weight excluding hydrogens is 230 g/mol. The second-order valence-electron chi connectivity index (χ2n) is 3.77. The van der Waals surface area contributed by atoms with Crippen LogP contribution in [-0.2, 0) is 6.42 Å². The molecule has 0 saturated carbocycles. The van der Waals surface area contributed by atoms with E-state index in [1.165, 1.54) is 4.90 Å². The molecule has 0 unspecified atom stereocenters. The third-order valence-electron chi connectivity index (χ3n) is 2.51. The molecule has 2 aromatic rings. The van der Waals surface area contributed by atoms with E-state index in [1.807, 2.05) is 11.8 Å². The van der Waals surface area contributed by atoms with Crippen molar-refractivity contribution in [3.63, 3.8) is 0 Å². The smallest absolute Gasteiger partial charge is 0.0923 e. The molecule has 1 aromatic carbocycles. The van der Waals surface area contributed by atoms with Crippen LogP contribution in [-0.4, -0.2) is 22.5 Å². The summed E-state index contributed by atoms with van der Waals surface area (Å²) >= 11 is 1.85. The molecule has 0 radical (unpaired) electrons. The second kappa shape index (κ2) is 5.89.